The van der Waals surface area contributed by atoms with Crippen molar-refractivity contribution in [3.05, 3.63) is 29.8 Å². The second-order valence-electron chi connectivity index (χ2n) is 5.56. The lowest BCUT2D eigenvalue weighted by molar-refractivity contribution is 0.203. The third kappa shape index (κ3) is 4.03. The van der Waals surface area contributed by atoms with Crippen LogP contribution in [0.4, 0.5) is 0 Å². The van der Waals surface area contributed by atoms with Crippen LogP contribution in [0.5, 0.6) is 0 Å². The topological polar surface area (TPSA) is 69.6 Å². The molecular weight excluding hydrogens is 288 g/mol. The molecule has 2 rings (SSSR count). The number of nitrogens with one attached hydrogen (secondary N) is 1. The van der Waals surface area contributed by atoms with Crippen LogP contribution in [-0.2, 0) is 16.6 Å². The Bertz CT molecular complexity index is 541. The highest BCUT2D eigenvalue weighted by atomic mass is 32.2. The predicted octanol–water partition coefficient (Wildman–Crippen LogP) is 1.19. The fourth-order valence-corrected chi connectivity index (χ4v) is 4.35. The number of aliphatic hydroxyl groups excluding tert-OH is 1. The molecule has 1 aliphatic heterocycles. The Labute approximate surface area is 127 Å². The van der Waals surface area contributed by atoms with Crippen LogP contribution in [-0.4, -0.2) is 44.6 Å². The van der Waals surface area contributed by atoms with E-state index >= 15 is 0 Å². The van der Waals surface area contributed by atoms with Gasteiger partial charge in [0, 0.05) is 26.2 Å². The molecule has 0 bridgehead atoms. The smallest absolute Gasteiger partial charge is 0.243 e. The molecule has 1 fully saturated rings. The molecule has 0 saturated carbocycles. The third-order valence-electron chi connectivity index (χ3n) is 3.96. The highest BCUT2D eigenvalue weighted by molar-refractivity contribution is 7.89. The summed E-state index contributed by atoms with van der Waals surface area (Å²) in [7, 11) is -1.55. The van der Waals surface area contributed by atoms with Gasteiger partial charge in [-0.2, -0.15) is 4.31 Å². The van der Waals surface area contributed by atoms with E-state index in [-0.39, 0.29) is 12.5 Å². The lowest BCUT2D eigenvalue weighted by Crippen LogP contribution is -2.40. The van der Waals surface area contributed by atoms with Gasteiger partial charge in [-0.15, -0.1) is 0 Å². The first-order valence-corrected chi connectivity index (χ1v) is 8.86. The molecule has 0 aromatic heterocycles. The van der Waals surface area contributed by atoms with Gasteiger partial charge in [0.05, 0.1) is 4.90 Å². The molecule has 118 valence electrons. The van der Waals surface area contributed by atoms with Crippen LogP contribution < -0.4 is 5.32 Å². The number of benzene rings is 1. The van der Waals surface area contributed by atoms with Gasteiger partial charge >= 0.3 is 0 Å². The molecule has 1 aliphatic rings. The monoisotopic (exact) mass is 312 g/mol. The van der Waals surface area contributed by atoms with Crippen LogP contribution in [0, 0.1) is 5.92 Å². The molecule has 1 aromatic carbocycles. The summed E-state index contributed by atoms with van der Waals surface area (Å²) in [6, 6.07) is 7.05. The van der Waals surface area contributed by atoms with E-state index in [1.165, 1.54) is 0 Å². The average Bonchev–Trinajstić information content (AvgIpc) is 2.49. The zero-order chi connectivity index (χ0) is 15.3. The minimum absolute atomic E-state index is 0.122. The predicted molar refractivity (Wildman–Crippen MR) is 82.4 cm³/mol. The van der Waals surface area contributed by atoms with Gasteiger partial charge in [0.25, 0.3) is 0 Å². The van der Waals surface area contributed by atoms with E-state index in [2.05, 4.69) is 5.32 Å². The average molecular weight is 312 g/mol. The number of aliphatic hydroxyl groups is 1. The fraction of sp³-hybridized carbons (Fsp3) is 0.600. The molecule has 1 unspecified atom stereocenters. The van der Waals surface area contributed by atoms with Crippen LogP contribution in [0.15, 0.2) is 29.2 Å². The molecule has 0 aliphatic carbocycles. The standard InChI is InChI=1S/C15H24N2O3S/c1-16-11-13-4-6-15(7-5-13)21(19,20)17-9-2-3-14(12-17)8-10-18/h4-7,14,16,18H,2-3,8-12H2,1H3. The lowest BCUT2D eigenvalue weighted by Gasteiger charge is -2.31. The van der Waals surface area contributed by atoms with Gasteiger partial charge in [0.15, 0.2) is 0 Å². The Kier molecular flexibility index (Phi) is 5.75. The number of sulfonamides is 1. The van der Waals surface area contributed by atoms with E-state index in [9.17, 15) is 8.42 Å². The lowest BCUT2D eigenvalue weighted by atomic mass is 9.97. The Balaban J connectivity index is 2.13. The summed E-state index contributed by atoms with van der Waals surface area (Å²) < 4.78 is 26.9. The van der Waals surface area contributed by atoms with Crippen molar-refractivity contribution in [2.75, 3.05) is 26.7 Å². The molecule has 0 radical (unpaired) electrons. The molecule has 1 aromatic rings. The normalized spacial score (nSPS) is 20.6. The van der Waals surface area contributed by atoms with Gasteiger partial charge in [-0.1, -0.05) is 12.1 Å². The SMILES string of the molecule is CNCc1ccc(S(=O)(=O)N2CCCC(CCO)C2)cc1. The van der Waals surface area contributed by atoms with Crippen molar-refractivity contribution in [1.82, 2.24) is 9.62 Å². The van der Waals surface area contributed by atoms with Crippen molar-refractivity contribution in [3.8, 4) is 0 Å². The summed E-state index contributed by atoms with van der Waals surface area (Å²) in [5.74, 6) is 0.266. The van der Waals surface area contributed by atoms with Crippen molar-refractivity contribution in [1.29, 1.82) is 0 Å². The summed E-state index contributed by atoms with van der Waals surface area (Å²) in [6.07, 6.45) is 2.53. The molecule has 5 nitrogen and oxygen atoms in total. The van der Waals surface area contributed by atoms with E-state index in [1.54, 1.807) is 16.4 Å². The van der Waals surface area contributed by atoms with E-state index in [4.69, 9.17) is 5.11 Å². The van der Waals surface area contributed by atoms with Crippen LogP contribution in [0.25, 0.3) is 0 Å². The van der Waals surface area contributed by atoms with Gasteiger partial charge in [-0.25, -0.2) is 8.42 Å². The summed E-state index contributed by atoms with van der Waals surface area (Å²) >= 11 is 0. The van der Waals surface area contributed by atoms with Crippen molar-refractivity contribution in [3.63, 3.8) is 0 Å². The van der Waals surface area contributed by atoms with Crippen molar-refractivity contribution in [2.24, 2.45) is 5.92 Å². The minimum atomic E-state index is -3.41. The summed E-state index contributed by atoms with van der Waals surface area (Å²) in [6.45, 7) is 1.93. The minimum Gasteiger partial charge on any atom is -0.396 e. The van der Waals surface area contributed by atoms with Gasteiger partial charge in [0.1, 0.15) is 0 Å². The largest absolute Gasteiger partial charge is 0.396 e. The number of hydrogen-bond acceptors (Lipinski definition) is 4. The molecule has 1 atom stereocenters. The Morgan fingerprint density at radius 3 is 2.67 bits per heavy atom. The first-order valence-electron chi connectivity index (χ1n) is 7.42. The van der Waals surface area contributed by atoms with Gasteiger partial charge in [-0.05, 0) is 49.9 Å². The molecular formula is C15H24N2O3S. The molecule has 6 heteroatoms. The highest BCUT2D eigenvalue weighted by Gasteiger charge is 2.29. The molecule has 0 amide bonds. The first kappa shape index (κ1) is 16.4. The Morgan fingerprint density at radius 2 is 2.05 bits per heavy atom. The van der Waals surface area contributed by atoms with Crippen LogP contribution >= 0.6 is 0 Å². The summed E-state index contributed by atoms with van der Waals surface area (Å²) in [5.41, 5.74) is 1.06. The summed E-state index contributed by atoms with van der Waals surface area (Å²) in [5, 5.41) is 12.1. The molecule has 21 heavy (non-hydrogen) atoms. The maximum absolute atomic E-state index is 12.7. The maximum atomic E-state index is 12.7. The van der Waals surface area contributed by atoms with Gasteiger partial charge in [0.2, 0.25) is 10.0 Å². The van der Waals surface area contributed by atoms with Crippen molar-refractivity contribution < 1.29 is 13.5 Å². The van der Waals surface area contributed by atoms with E-state index in [1.807, 2.05) is 19.2 Å². The van der Waals surface area contributed by atoms with Gasteiger partial charge < -0.3 is 10.4 Å². The zero-order valence-electron chi connectivity index (χ0n) is 12.5. The number of hydrogen-bond donors (Lipinski definition) is 2. The van der Waals surface area contributed by atoms with Crippen LogP contribution in [0.2, 0.25) is 0 Å². The Morgan fingerprint density at radius 1 is 1.33 bits per heavy atom. The number of piperidine rings is 1. The van der Waals surface area contributed by atoms with E-state index < -0.39 is 10.0 Å². The second-order valence-corrected chi connectivity index (χ2v) is 7.50. The van der Waals surface area contributed by atoms with E-state index in [0.29, 0.717) is 24.4 Å². The first-order chi connectivity index (χ1) is 10.1. The molecule has 2 N–H and O–H groups in total. The number of rotatable bonds is 6. The maximum Gasteiger partial charge on any atom is 0.243 e. The van der Waals surface area contributed by atoms with Crippen molar-refractivity contribution in [2.45, 2.75) is 30.7 Å². The Hall–Kier alpha value is -0.950. The third-order valence-corrected chi connectivity index (χ3v) is 5.84. The fourth-order valence-electron chi connectivity index (χ4n) is 2.80. The van der Waals surface area contributed by atoms with Crippen LogP contribution in [0.3, 0.4) is 0 Å². The molecule has 1 saturated heterocycles. The van der Waals surface area contributed by atoms with Crippen molar-refractivity contribution >= 4 is 10.0 Å². The second kappa shape index (κ2) is 7.35. The quantitative estimate of drug-likeness (QED) is 0.828. The number of nitrogens with zero attached hydrogens (tertiary/aromatic N) is 1. The molecule has 1 heterocycles. The van der Waals surface area contributed by atoms with E-state index in [0.717, 1.165) is 24.9 Å². The summed E-state index contributed by atoms with van der Waals surface area (Å²) in [4.78, 5) is 0.354. The zero-order valence-corrected chi connectivity index (χ0v) is 13.3. The highest BCUT2D eigenvalue weighted by Crippen LogP contribution is 2.25. The molecule has 0 spiro atoms. The van der Waals surface area contributed by atoms with Crippen LogP contribution in [0.1, 0.15) is 24.8 Å². The van der Waals surface area contributed by atoms with Gasteiger partial charge in [-0.3, -0.25) is 0 Å².